The molecular weight excluding hydrogens is 356 g/mol. The number of benzene rings is 1. The molecule has 3 rings (SSSR count). The third-order valence-corrected chi connectivity index (χ3v) is 4.94. The molecule has 0 spiro atoms. The number of nitrogens with one attached hydrogen (secondary N) is 1. The maximum Gasteiger partial charge on any atom is 0.332 e. The molecule has 2 aromatic heterocycles. The Balaban J connectivity index is 1.96. The Morgan fingerprint density at radius 1 is 1.12 bits per heavy atom. The van der Waals surface area contributed by atoms with Gasteiger partial charge in [-0.25, -0.2) is 9.78 Å². The summed E-state index contributed by atoms with van der Waals surface area (Å²) in [6.45, 7) is 0. The van der Waals surface area contributed by atoms with Crippen LogP contribution < -0.4 is 16.6 Å². The van der Waals surface area contributed by atoms with E-state index in [1.165, 1.54) is 30.9 Å². The van der Waals surface area contributed by atoms with E-state index in [0.29, 0.717) is 16.1 Å². The summed E-state index contributed by atoms with van der Waals surface area (Å²) < 4.78 is 13.7. The zero-order chi connectivity index (χ0) is 19.0. The van der Waals surface area contributed by atoms with Gasteiger partial charge >= 0.3 is 5.69 Å². The summed E-state index contributed by atoms with van der Waals surface area (Å²) in [6.07, 6.45) is 2.94. The van der Waals surface area contributed by atoms with E-state index in [9.17, 15) is 18.6 Å². The number of carbonyl (C=O) groups excluding carboxylic acids is 1. The van der Waals surface area contributed by atoms with Crippen molar-refractivity contribution in [2.75, 3.05) is 11.6 Å². The molecule has 0 saturated heterocycles. The summed E-state index contributed by atoms with van der Waals surface area (Å²) in [5.74, 6) is -0.388. The quantitative estimate of drug-likeness (QED) is 0.726. The lowest BCUT2D eigenvalue weighted by molar-refractivity contribution is 0.102. The number of anilines is 1. The summed E-state index contributed by atoms with van der Waals surface area (Å²) in [6, 6.07) is 7.87. The molecule has 26 heavy (non-hydrogen) atoms. The number of rotatable bonds is 3. The Hall–Kier alpha value is -3.07. The maximum atomic E-state index is 12.4. The van der Waals surface area contributed by atoms with Crippen LogP contribution in [0.3, 0.4) is 0 Å². The fourth-order valence-corrected chi connectivity index (χ4v) is 3.05. The van der Waals surface area contributed by atoms with Crippen molar-refractivity contribution in [2.24, 2.45) is 14.1 Å². The van der Waals surface area contributed by atoms with Gasteiger partial charge in [0.2, 0.25) is 0 Å². The van der Waals surface area contributed by atoms with Crippen LogP contribution >= 0.6 is 0 Å². The lowest BCUT2D eigenvalue weighted by atomic mass is 10.2. The van der Waals surface area contributed by atoms with E-state index in [1.807, 2.05) is 0 Å². The minimum Gasteiger partial charge on any atom is -0.321 e. The monoisotopic (exact) mass is 372 g/mol. The number of pyridine rings is 1. The van der Waals surface area contributed by atoms with E-state index in [2.05, 4.69) is 10.3 Å². The molecule has 1 N–H and O–H groups in total. The second-order valence-electron chi connectivity index (χ2n) is 5.73. The SMILES string of the molecule is Cn1c(=O)c2cc(NC(=O)c3ccc(S(C)=O)cc3)cnc2n(C)c1=O. The molecule has 8 nitrogen and oxygen atoms in total. The van der Waals surface area contributed by atoms with Gasteiger partial charge in [-0.1, -0.05) is 0 Å². The molecular formula is C17H16N4O4S. The van der Waals surface area contributed by atoms with Gasteiger partial charge in [-0.2, -0.15) is 0 Å². The first-order valence-corrected chi connectivity index (χ1v) is 9.16. The highest BCUT2D eigenvalue weighted by Crippen LogP contribution is 2.14. The Morgan fingerprint density at radius 3 is 2.38 bits per heavy atom. The zero-order valence-corrected chi connectivity index (χ0v) is 15.2. The largest absolute Gasteiger partial charge is 0.332 e. The molecule has 2 heterocycles. The van der Waals surface area contributed by atoms with Gasteiger partial charge in [0.25, 0.3) is 11.5 Å². The average molecular weight is 372 g/mol. The van der Waals surface area contributed by atoms with Crippen LogP contribution in [0.25, 0.3) is 11.0 Å². The van der Waals surface area contributed by atoms with E-state index < -0.39 is 22.0 Å². The second kappa shape index (κ2) is 6.68. The highest BCUT2D eigenvalue weighted by molar-refractivity contribution is 7.84. The topological polar surface area (TPSA) is 103 Å². The first-order chi connectivity index (χ1) is 12.3. The van der Waals surface area contributed by atoms with Crippen molar-refractivity contribution < 1.29 is 9.00 Å². The molecule has 1 atom stereocenters. The minimum absolute atomic E-state index is 0.226. The van der Waals surface area contributed by atoms with Crippen molar-refractivity contribution >= 4 is 33.4 Å². The van der Waals surface area contributed by atoms with Gasteiger partial charge in [0.05, 0.1) is 17.3 Å². The van der Waals surface area contributed by atoms with Crippen LogP contribution in [0.15, 0.2) is 51.0 Å². The molecule has 1 unspecified atom stereocenters. The van der Waals surface area contributed by atoms with Gasteiger partial charge in [-0.3, -0.25) is 22.9 Å². The van der Waals surface area contributed by atoms with Crippen LogP contribution in [0.1, 0.15) is 10.4 Å². The van der Waals surface area contributed by atoms with Crippen LogP contribution in [0, 0.1) is 0 Å². The molecule has 0 saturated carbocycles. The van der Waals surface area contributed by atoms with E-state index in [4.69, 9.17) is 0 Å². The summed E-state index contributed by atoms with van der Waals surface area (Å²) in [5.41, 5.74) is 0.00148. The Morgan fingerprint density at radius 2 is 1.77 bits per heavy atom. The number of amides is 1. The molecule has 134 valence electrons. The zero-order valence-electron chi connectivity index (χ0n) is 14.3. The number of hydrogen-bond acceptors (Lipinski definition) is 5. The van der Waals surface area contributed by atoms with Gasteiger partial charge in [0.1, 0.15) is 5.65 Å². The van der Waals surface area contributed by atoms with Crippen molar-refractivity contribution in [3.8, 4) is 0 Å². The summed E-state index contributed by atoms with van der Waals surface area (Å²) in [5, 5.41) is 2.89. The number of hydrogen-bond donors (Lipinski definition) is 1. The van der Waals surface area contributed by atoms with Crippen molar-refractivity contribution in [1.82, 2.24) is 14.1 Å². The standard InChI is InChI=1S/C17H16N4O4S/c1-20-14-13(16(23)21(2)17(20)24)8-11(9-18-14)19-15(22)10-4-6-12(7-5-10)26(3)25/h4-9H,1-3H3,(H,19,22). The smallest absolute Gasteiger partial charge is 0.321 e. The molecule has 0 aliphatic rings. The number of fused-ring (bicyclic) bond motifs is 1. The minimum atomic E-state index is -1.12. The number of aromatic nitrogens is 3. The highest BCUT2D eigenvalue weighted by atomic mass is 32.2. The first kappa shape index (κ1) is 17.7. The molecule has 0 radical (unpaired) electrons. The fraction of sp³-hybridized carbons (Fsp3) is 0.176. The third kappa shape index (κ3) is 3.08. The fourth-order valence-electron chi connectivity index (χ4n) is 2.53. The van der Waals surface area contributed by atoms with Crippen LogP contribution in [0.5, 0.6) is 0 Å². The van der Waals surface area contributed by atoms with Crippen molar-refractivity contribution in [3.63, 3.8) is 0 Å². The van der Waals surface area contributed by atoms with Gasteiger partial charge in [0.15, 0.2) is 0 Å². The van der Waals surface area contributed by atoms with Crippen molar-refractivity contribution in [1.29, 1.82) is 0 Å². The molecule has 0 aliphatic heterocycles. The van der Waals surface area contributed by atoms with Gasteiger partial charge in [-0.15, -0.1) is 0 Å². The third-order valence-electron chi connectivity index (χ3n) is 4.00. The normalized spacial score (nSPS) is 12.1. The van der Waals surface area contributed by atoms with E-state index >= 15 is 0 Å². The van der Waals surface area contributed by atoms with Gasteiger partial charge < -0.3 is 5.32 Å². The maximum absolute atomic E-state index is 12.4. The van der Waals surface area contributed by atoms with Crippen molar-refractivity contribution in [2.45, 2.75) is 4.90 Å². The molecule has 0 fully saturated rings. The number of carbonyl (C=O) groups is 1. The van der Waals surface area contributed by atoms with Gasteiger partial charge in [0, 0.05) is 41.6 Å². The predicted molar refractivity (Wildman–Crippen MR) is 99.0 cm³/mol. The Kier molecular flexibility index (Phi) is 4.56. The Labute approximate surface area is 150 Å². The molecule has 1 aromatic carbocycles. The number of nitrogens with zero attached hydrogens (tertiary/aromatic N) is 3. The molecule has 0 bridgehead atoms. The summed E-state index contributed by atoms with van der Waals surface area (Å²) >= 11 is 0. The molecule has 3 aromatic rings. The first-order valence-electron chi connectivity index (χ1n) is 7.60. The predicted octanol–water partition coefficient (Wildman–Crippen LogP) is 0.622. The molecule has 0 aliphatic carbocycles. The summed E-state index contributed by atoms with van der Waals surface area (Å²) in [7, 11) is 1.79. The van der Waals surface area contributed by atoms with E-state index in [0.717, 1.165) is 4.57 Å². The van der Waals surface area contributed by atoms with Gasteiger partial charge in [-0.05, 0) is 30.3 Å². The van der Waals surface area contributed by atoms with E-state index in [-0.39, 0.29) is 16.9 Å². The molecule has 9 heteroatoms. The highest BCUT2D eigenvalue weighted by Gasteiger charge is 2.12. The second-order valence-corrected chi connectivity index (χ2v) is 7.11. The summed E-state index contributed by atoms with van der Waals surface area (Å²) in [4.78, 5) is 41.3. The average Bonchev–Trinajstić information content (AvgIpc) is 2.64. The van der Waals surface area contributed by atoms with Crippen LogP contribution in [-0.2, 0) is 24.9 Å². The lowest BCUT2D eigenvalue weighted by Gasteiger charge is -2.09. The van der Waals surface area contributed by atoms with Crippen molar-refractivity contribution in [3.05, 3.63) is 62.9 Å². The van der Waals surface area contributed by atoms with Crippen LogP contribution in [0.2, 0.25) is 0 Å². The Bertz CT molecular complexity index is 1160. The van der Waals surface area contributed by atoms with Crippen LogP contribution in [-0.4, -0.2) is 30.5 Å². The molecule has 1 amide bonds. The van der Waals surface area contributed by atoms with Crippen LogP contribution in [0.4, 0.5) is 5.69 Å². The lowest BCUT2D eigenvalue weighted by Crippen LogP contribution is -2.37. The van der Waals surface area contributed by atoms with E-state index in [1.54, 1.807) is 30.5 Å². The number of aryl methyl sites for hydroxylation is 1.